The summed E-state index contributed by atoms with van der Waals surface area (Å²) in [4.78, 5) is 17.6. The maximum atomic E-state index is 11.8. The van der Waals surface area contributed by atoms with Gasteiger partial charge in [-0.3, -0.25) is 4.79 Å². The molecule has 1 fully saturated rings. The van der Waals surface area contributed by atoms with Crippen LogP contribution in [0.2, 0.25) is 0 Å². The summed E-state index contributed by atoms with van der Waals surface area (Å²) in [6.45, 7) is 6.48. The monoisotopic (exact) mass is 296 g/mol. The number of ether oxygens (including phenoxy) is 1. The van der Waals surface area contributed by atoms with E-state index in [4.69, 9.17) is 4.74 Å². The van der Waals surface area contributed by atoms with Gasteiger partial charge in [-0.05, 0) is 39.0 Å². The highest BCUT2D eigenvalue weighted by Gasteiger charge is 2.17. The van der Waals surface area contributed by atoms with Crippen LogP contribution in [0.5, 0.6) is 0 Å². The van der Waals surface area contributed by atoms with E-state index in [2.05, 4.69) is 17.2 Å². The molecule has 1 unspecified atom stereocenters. The van der Waals surface area contributed by atoms with Gasteiger partial charge in [0.15, 0.2) is 0 Å². The molecule has 0 radical (unpaired) electrons. The first-order valence-corrected chi connectivity index (χ1v) is 8.24. The second-order valence-electron chi connectivity index (χ2n) is 5.49. The number of aromatic nitrogens is 1. The molecule has 0 bridgehead atoms. The Hall–Kier alpha value is -0.940. The molecule has 5 heteroatoms. The van der Waals surface area contributed by atoms with E-state index >= 15 is 0 Å². The molecule has 1 saturated heterocycles. The lowest BCUT2D eigenvalue weighted by Gasteiger charge is -2.21. The van der Waals surface area contributed by atoms with Gasteiger partial charge < -0.3 is 10.1 Å². The SMILES string of the molecule is Cc1nc(CCCNC(=O)CC2CCCOC2)sc1C. The molecule has 1 aromatic rings. The van der Waals surface area contributed by atoms with Crippen molar-refractivity contribution in [2.24, 2.45) is 5.92 Å². The smallest absolute Gasteiger partial charge is 0.220 e. The first-order chi connectivity index (χ1) is 9.65. The Morgan fingerprint density at radius 3 is 3.00 bits per heavy atom. The number of rotatable bonds is 6. The molecule has 1 atom stereocenters. The summed E-state index contributed by atoms with van der Waals surface area (Å²) in [7, 11) is 0. The molecule has 1 amide bonds. The molecule has 0 saturated carbocycles. The van der Waals surface area contributed by atoms with E-state index in [0.29, 0.717) is 12.3 Å². The lowest BCUT2D eigenvalue weighted by molar-refractivity contribution is -0.123. The van der Waals surface area contributed by atoms with Crippen molar-refractivity contribution < 1.29 is 9.53 Å². The van der Waals surface area contributed by atoms with Gasteiger partial charge in [0.05, 0.1) is 10.7 Å². The summed E-state index contributed by atoms with van der Waals surface area (Å²) in [6.07, 6.45) is 4.71. The third-order valence-electron chi connectivity index (χ3n) is 3.69. The van der Waals surface area contributed by atoms with E-state index in [9.17, 15) is 4.79 Å². The number of aryl methyl sites for hydroxylation is 3. The molecule has 20 heavy (non-hydrogen) atoms. The fourth-order valence-electron chi connectivity index (χ4n) is 2.42. The van der Waals surface area contributed by atoms with Crippen LogP contribution in [-0.2, 0) is 16.0 Å². The second kappa shape index (κ2) is 7.74. The lowest BCUT2D eigenvalue weighted by atomic mass is 9.98. The highest BCUT2D eigenvalue weighted by Crippen LogP contribution is 2.18. The summed E-state index contributed by atoms with van der Waals surface area (Å²) < 4.78 is 5.39. The first-order valence-electron chi connectivity index (χ1n) is 7.42. The average Bonchev–Trinajstić information content (AvgIpc) is 2.75. The van der Waals surface area contributed by atoms with Gasteiger partial charge in [-0.1, -0.05) is 0 Å². The zero-order valence-electron chi connectivity index (χ0n) is 12.4. The number of carbonyl (C=O) groups excluding carboxylic acids is 1. The Balaban J connectivity index is 1.59. The Morgan fingerprint density at radius 2 is 2.35 bits per heavy atom. The molecule has 1 aromatic heterocycles. The normalized spacial score (nSPS) is 19.0. The van der Waals surface area contributed by atoms with Crippen LogP contribution in [-0.4, -0.2) is 30.6 Å². The molecule has 2 heterocycles. The molecule has 1 aliphatic heterocycles. The zero-order chi connectivity index (χ0) is 14.4. The fraction of sp³-hybridized carbons (Fsp3) is 0.733. The number of carbonyl (C=O) groups is 1. The summed E-state index contributed by atoms with van der Waals surface area (Å²) in [5.41, 5.74) is 1.13. The first kappa shape index (κ1) is 15.4. The van der Waals surface area contributed by atoms with Gasteiger partial charge in [0.1, 0.15) is 0 Å². The van der Waals surface area contributed by atoms with Crippen molar-refractivity contribution in [1.29, 1.82) is 0 Å². The number of nitrogens with zero attached hydrogens (tertiary/aromatic N) is 1. The summed E-state index contributed by atoms with van der Waals surface area (Å²) in [5.74, 6) is 0.569. The van der Waals surface area contributed by atoms with Crippen LogP contribution in [0, 0.1) is 19.8 Å². The molecule has 1 N–H and O–H groups in total. The number of nitrogens with one attached hydrogen (secondary N) is 1. The second-order valence-corrected chi connectivity index (χ2v) is 6.78. The Kier molecular flexibility index (Phi) is 5.98. The third-order valence-corrected chi connectivity index (χ3v) is 4.82. The van der Waals surface area contributed by atoms with Crippen molar-refractivity contribution >= 4 is 17.2 Å². The van der Waals surface area contributed by atoms with E-state index in [-0.39, 0.29) is 5.91 Å². The molecule has 0 aliphatic carbocycles. The minimum absolute atomic E-state index is 0.159. The summed E-state index contributed by atoms with van der Waals surface area (Å²) in [6, 6.07) is 0. The van der Waals surface area contributed by atoms with Crippen LogP contribution in [0.15, 0.2) is 0 Å². The van der Waals surface area contributed by atoms with E-state index < -0.39 is 0 Å². The minimum Gasteiger partial charge on any atom is -0.381 e. The topological polar surface area (TPSA) is 51.2 Å². The zero-order valence-corrected chi connectivity index (χ0v) is 13.2. The van der Waals surface area contributed by atoms with E-state index in [1.54, 1.807) is 11.3 Å². The van der Waals surface area contributed by atoms with E-state index in [1.165, 1.54) is 9.88 Å². The third kappa shape index (κ3) is 4.87. The van der Waals surface area contributed by atoms with Crippen molar-refractivity contribution in [1.82, 2.24) is 10.3 Å². The molecule has 2 rings (SSSR count). The molecule has 1 aliphatic rings. The number of amides is 1. The van der Waals surface area contributed by atoms with Gasteiger partial charge in [-0.25, -0.2) is 4.98 Å². The van der Waals surface area contributed by atoms with Gasteiger partial charge in [0, 0.05) is 37.5 Å². The maximum Gasteiger partial charge on any atom is 0.220 e. The van der Waals surface area contributed by atoms with Crippen LogP contribution in [0.1, 0.15) is 41.3 Å². The number of hydrogen-bond donors (Lipinski definition) is 1. The van der Waals surface area contributed by atoms with Crippen LogP contribution >= 0.6 is 11.3 Å². The fourth-order valence-corrected chi connectivity index (χ4v) is 3.39. The number of thiazole rings is 1. The standard InChI is InChI=1S/C15H24N2O2S/c1-11-12(2)20-15(17-11)6-3-7-16-14(18)9-13-5-4-8-19-10-13/h13H,3-10H2,1-2H3,(H,16,18). The molecular weight excluding hydrogens is 272 g/mol. The van der Waals surface area contributed by atoms with Gasteiger partial charge in [0.2, 0.25) is 5.91 Å². The molecule has 0 spiro atoms. The predicted molar refractivity (Wildman–Crippen MR) is 81.1 cm³/mol. The van der Waals surface area contributed by atoms with E-state index in [1.807, 2.05) is 6.92 Å². The summed E-state index contributed by atoms with van der Waals surface area (Å²) in [5, 5.41) is 4.18. The largest absolute Gasteiger partial charge is 0.381 e. The molecular formula is C15H24N2O2S. The summed E-state index contributed by atoms with van der Waals surface area (Å²) >= 11 is 1.76. The van der Waals surface area contributed by atoms with Crippen LogP contribution < -0.4 is 5.32 Å². The number of hydrogen-bond acceptors (Lipinski definition) is 4. The van der Waals surface area contributed by atoms with Gasteiger partial charge in [-0.15, -0.1) is 11.3 Å². The maximum absolute atomic E-state index is 11.8. The highest BCUT2D eigenvalue weighted by atomic mass is 32.1. The van der Waals surface area contributed by atoms with Crippen LogP contribution in [0.4, 0.5) is 0 Å². The van der Waals surface area contributed by atoms with Crippen LogP contribution in [0.25, 0.3) is 0 Å². The van der Waals surface area contributed by atoms with Crippen molar-refractivity contribution in [3.8, 4) is 0 Å². The van der Waals surface area contributed by atoms with Gasteiger partial charge in [-0.2, -0.15) is 0 Å². The Morgan fingerprint density at radius 1 is 1.50 bits per heavy atom. The minimum atomic E-state index is 0.159. The highest BCUT2D eigenvalue weighted by molar-refractivity contribution is 7.11. The van der Waals surface area contributed by atoms with E-state index in [0.717, 1.165) is 51.1 Å². The molecule has 4 nitrogen and oxygen atoms in total. The Bertz CT molecular complexity index is 420. The quantitative estimate of drug-likeness (QED) is 0.821. The van der Waals surface area contributed by atoms with Crippen molar-refractivity contribution in [2.75, 3.05) is 19.8 Å². The Labute approximate surface area is 124 Å². The van der Waals surface area contributed by atoms with Crippen molar-refractivity contribution in [3.63, 3.8) is 0 Å². The van der Waals surface area contributed by atoms with Gasteiger partial charge >= 0.3 is 0 Å². The van der Waals surface area contributed by atoms with Crippen LogP contribution in [0.3, 0.4) is 0 Å². The lowest BCUT2D eigenvalue weighted by Crippen LogP contribution is -2.29. The predicted octanol–water partition coefficient (Wildman–Crippen LogP) is 2.63. The van der Waals surface area contributed by atoms with Crippen molar-refractivity contribution in [3.05, 3.63) is 15.6 Å². The average molecular weight is 296 g/mol. The molecule has 0 aromatic carbocycles. The van der Waals surface area contributed by atoms with Gasteiger partial charge in [0.25, 0.3) is 0 Å². The van der Waals surface area contributed by atoms with Crippen molar-refractivity contribution in [2.45, 2.75) is 46.0 Å². The molecule has 112 valence electrons.